The second-order valence-electron chi connectivity index (χ2n) is 6.36. The van der Waals surface area contributed by atoms with Gasteiger partial charge in [-0.15, -0.1) is 0 Å². The summed E-state index contributed by atoms with van der Waals surface area (Å²) in [5.74, 6) is -1.12. The number of aromatic nitrogens is 1. The molecule has 23 heavy (non-hydrogen) atoms. The number of H-pyrrole nitrogens is 1. The van der Waals surface area contributed by atoms with Crippen molar-refractivity contribution in [2.24, 2.45) is 0 Å². The van der Waals surface area contributed by atoms with Gasteiger partial charge in [-0.2, -0.15) is 0 Å². The van der Waals surface area contributed by atoms with Gasteiger partial charge < -0.3 is 10.1 Å². The Bertz CT molecular complexity index is 857. The summed E-state index contributed by atoms with van der Waals surface area (Å²) in [7, 11) is 0. The fourth-order valence-electron chi connectivity index (χ4n) is 3.53. The summed E-state index contributed by atoms with van der Waals surface area (Å²) in [6.07, 6.45) is 4.62. The van der Waals surface area contributed by atoms with E-state index in [1.165, 1.54) is 6.07 Å². The van der Waals surface area contributed by atoms with Crippen LogP contribution in [0.25, 0.3) is 22.0 Å². The minimum absolute atomic E-state index is 0.00434. The zero-order valence-electron chi connectivity index (χ0n) is 12.6. The number of halogens is 2. The highest BCUT2D eigenvalue weighted by molar-refractivity contribution is 5.86. The average molecular weight is 313 g/mol. The van der Waals surface area contributed by atoms with Crippen molar-refractivity contribution in [1.29, 1.82) is 0 Å². The molecule has 0 radical (unpaired) electrons. The Morgan fingerprint density at radius 1 is 1.09 bits per heavy atom. The van der Waals surface area contributed by atoms with Crippen LogP contribution < -0.4 is 0 Å². The van der Waals surface area contributed by atoms with Crippen LogP contribution in [0.3, 0.4) is 0 Å². The molecule has 2 nitrogen and oxygen atoms in total. The summed E-state index contributed by atoms with van der Waals surface area (Å²) in [6.45, 7) is 0.115. The maximum atomic E-state index is 14.6. The van der Waals surface area contributed by atoms with Crippen LogP contribution in [0, 0.1) is 11.6 Å². The van der Waals surface area contributed by atoms with Gasteiger partial charge in [0, 0.05) is 17.0 Å². The lowest BCUT2D eigenvalue weighted by molar-refractivity contribution is 0.120. The van der Waals surface area contributed by atoms with Crippen molar-refractivity contribution >= 4 is 10.9 Å². The first-order chi connectivity index (χ1) is 11.1. The summed E-state index contributed by atoms with van der Waals surface area (Å²) in [5.41, 5.74) is 1.84. The Kier molecular flexibility index (Phi) is 3.23. The van der Waals surface area contributed by atoms with Crippen molar-refractivity contribution in [2.45, 2.75) is 24.7 Å². The predicted octanol–water partition coefficient (Wildman–Crippen LogP) is 4.53. The third kappa shape index (κ3) is 2.09. The van der Waals surface area contributed by atoms with Gasteiger partial charge in [-0.3, -0.25) is 0 Å². The quantitative estimate of drug-likeness (QED) is 0.732. The minimum atomic E-state index is -0.578. The first-order valence-corrected chi connectivity index (χ1v) is 7.81. The number of aliphatic hydroxyl groups is 1. The maximum absolute atomic E-state index is 14.6. The first-order valence-electron chi connectivity index (χ1n) is 7.81. The van der Waals surface area contributed by atoms with Crippen molar-refractivity contribution < 1.29 is 13.9 Å². The molecule has 118 valence electrons. The Morgan fingerprint density at radius 2 is 1.83 bits per heavy atom. The molecule has 4 rings (SSSR count). The van der Waals surface area contributed by atoms with E-state index in [-0.39, 0.29) is 17.6 Å². The fourth-order valence-corrected chi connectivity index (χ4v) is 3.53. The van der Waals surface area contributed by atoms with E-state index >= 15 is 0 Å². The van der Waals surface area contributed by atoms with E-state index in [9.17, 15) is 13.9 Å². The van der Waals surface area contributed by atoms with Gasteiger partial charge >= 0.3 is 0 Å². The molecule has 0 bridgehead atoms. The number of rotatable bonds is 3. The SMILES string of the molecule is OCC1(c2ccc(-c3c(F)cc4[nH]ccc4c3F)cc2)CCC1. The minimum Gasteiger partial charge on any atom is -0.395 e. The molecule has 2 aromatic carbocycles. The average Bonchev–Trinajstić information content (AvgIpc) is 2.97. The topological polar surface area (TPSA) is 36.0 Å². The lowest BCUT2D eigenvalue weighted by atomic mass is 9.65. The summed E-state index contributed by atoms with van der Waals surface area (Å²) in [5, 5.41) is 10.0. The molecule has 3 aromatic rings. The van der Waals surface area contributed by atoms with Crippen molar-refractivity contribution in [2.75, 3.05) is 6.61 Å². The summed E-state index contributed by atoms with van der Waals surface area (Å²) >= 11 is 0. The van der Waals surface area contributed by atoms with E-state index in [0.29, 0.717) is 16.5 Å². The van der Waals surface area contributed by atoms with Gasteiger partial charge in [0.1, 0.15) is 11.6 Å². The van der Waals surface area contributed by atoms with E-state index in [4.69, 9.17) is 0 Å². The number of hydrogen-bond donors (Lipinski definition) is 2. The second-order valence-corrected chi connectivity index (χ2v) is 6.36. The number of benzene rings is 2. The summed E-state index contributed by atoms with van der Waals surface area (Å²) < 4.78 is 28.9. The van der Waals surface area contributed by atoms with E-state index in [0.717, 1.165) is 24.8 Å². The van der Waals surface area contributed by atoms with Crippen molar-refractivity contribution in [1.82, 2.24) is 4.98 Å². The molecular weight excluding hydrogens is 296 g/mol. The normalized spacial score (nSPS) is 16.5. The van der Waals surface area contributed by atoms with Gasteiger partial charge in [-0.1, -0.05) is 30.7 Å². The Morgan fingerprint density at radius 3 is 2.43 bits per heavy atom. The molecule has 0 saturated heterocycles. The van der Waals surface area contributed by atoms with Crippen LogP contribution in [0.5, 0.6) is 0 Å². The number of fused-ring (bicyclic) bond motifs is 1. The third-order valence-electron chi connectivity index (χ3n) is 5.14. The smallest absolute Gasteiger partial charge is 0.143 e. The van der Waals surface area contributed by atoms with E-state index in [1.807, 2.05) is 12.1 Å². The van der Waals surface area contributed by atoms with Gasteiger partial charge in [0.25, 0.3) is 0 Å². The van der Waals surface area contributed by atoms with Crippen LogP contribution in [0.2, 0.25) is 0 Å². The van der Waals surface area contributed by atoms with E-state index in [2.05, 4.69) is 4.98 Å². The molecule has 1 heterocycles. The zero-order valence-corrected chi connectivity index (χ0v) is 12.6. The highest BCUT2D eigenvalue weighted by Gasteiger charge is 2.37. The molecular formula is C19H17F2NO. The summed E-state index contributed by atoms with van der Waals surface area (Å²) in [6, 6.07) is 10.2. The molecule has 1 aliphatic rings. The Balaban J connectivity index is 1.79. The Labute approximate surface area is 132 Å². The maximum Gasteiger partial charge on any atom is 0.143 e. The molecule has 4 heteroatoms. The fraction of sp³-hybridized carbons (Fsp3) is 0.263. The van der Waals surface area contributed by atoms with Crippen LogP contribution in [0.15, 0.2) is 42.6 Å². The van der Waals surface area contributed by atoms with Gasteiger partial charge in [0.15, 0.2) is 0 Å². The van der Waals surface area contributed by atoms with Gasteiger partial charge in [-0.05, 0) is 36.1 Å². The standard InChI is InChI=1S/C19H17F2NO/c20-15-10-16-14(6-9-22-16)18(21)17(15)12-2-4-13(5-3-12)19(11-23)7-1-8-19/h2-6,9-10,22-23H,1,7-8,11H2. The molecule has 0 unspecified atom stereocenters. The van der Waals surface area contributed by atoms with Crippen LogP contribution in [-0.4, -0.2) is 16.7 Å². The van der Waals surface area contributed by atoms with Crippen LogP contribution >= 0.6 is 0 Å². The van der Waals surface area contributed by atoms with Crippen molar-refractivity contribution in [3.05, 3.63) is 59.8 Å². The zero-order chi connectivity index (χ0) is 16.0. The monoisotopic (exact) mass is 313 g/mol. The number of nitrogens with one attached hydrogen (secondary N) is 1. The molecule has 1 saturated carbocycles. The van der Waals surface area contributed by atoms with Crippen molar-refractivity contribution in [3.63, 3.8) is 0 Å². The molecule has 1 aliphatic carbocycles. The first kappa shape index (κ1) is 14.4. The lowest BCUT2D eigenvalue weighted by Crippen LogP contribution is -2.37. The van der Waals surface area contributed by atoms with Crippen molar-refractivity contribution in [3.8, 4) is 11.1 Å². The predicted molar refractivity (Wildman–Crippen MR) is 86.3 cm³/mol. The molecule has 1 aromatic heterocycles. The van der Waals surface area contributed by atoms with E-state index in [1.54, 1.807) is 24.4 Å². The molecule has 0 atom stereocenters. The highest BCUT2D eigenvalue weighted by Crippen LogP contribution is 2.44. The van der Waals surface area contributed by atoms with Crippen LogP contribution in [0.1, 0.15) is 24.8 Å². The van der Waals surface area contributed by atoms with Gasteiger partial charge in [0.2, 0.25) is 0 Å². The lowest BCUT2D eigenvalue weighted by Gasteiger charge is -2.41. The second kappa shape index (κ2) is 5.17. The molecule has 1 fully saturated rings. The molecule has 2 N–H and O–H groups in total. The number of aliphatic hydroxyl groups excluding tert-OH is 1. The largest absolute Gasteiger partial charge is 0.395 e. The molecule has 0 spiro atoms. The van der Waals surface area contributed by atoms with Gasteiger partial charge in [-0.25, -0.2) is 8.78 Å². The number of hydrogen-bond acceptors (Lipinski definition) is 1. The third-order valence-corrected chi connectivity index (χ3v) is 5.14. The molecule has 0 amide bonds. The Hall–Kier alpha value is -2.20. The summed E-state index contributed by atoms with van der Waals surface area (Å²) in [4.78, 5) is 2.82. The number of aromatic amines is 1. The van der Waals surface area contributed by atoms with Crippen LogP contribution in [-0.2, 0) is 5.41 Å². The van der Waals surface area contributed by atoms with Gasteiger partial charge in [0.05, 0.1) is 17.7 Å². The van der Waals surface area contributed by atoms with E-state index < -0.39 is 11.6 Å². The molecule has 0 aliphatic heterocycles. The highest BCUT2D eigenvalue weighted by atomic mass is 19.1. The van der Waals surface area contributed by atoms with Crippen LogP contribution in [0.4, 0.5) is 8.78 Å².